The zero-order chi connectivity index (χ0) is 12.9. The van der Waals surface area contributed by atoms with Gasteiger partial charge in [-0.15, -0.1) is 0 Å². The highest BCUT2D eigenvalue weighted by Crippen LogP contribution is 2.28. The van der Waals surface area contributed by atoms with Crippen LogP contribution in [0.1, 0.15) is 37.1 Å². The summed E-state index contributed by atoms with van der Waals surface area (Å²) in [5, 5.41) is 0. The van der Waals surface area contributed by atoms with Gasteiger partial charge < -0.3 is 22.0 Å². The van der Waals surface area contributed by atoms with E-state index in [9.17, 15) is 4.79 Å². The molecule has 0 aliphatic rings. The molecule has 0 aliphatic heterocycles. The van der Waals surface area contributed by atoms with Crippen molar-refractivity contribution in [1.29, 1.82) is 0 Å². The van der Waals surface area contributed by atoms with Crippen LogP contribution in [0.15, 0.2) is 24.3 Å². The number of hydrogen-bond donors (Lipinski definition) is 3. The molecule has 4 nitrogen and oxygen atoms in total. The van der Waals surface area contributed by atoms with Gasteiger partial charge in [0.25, 0.3) is 0 Å². The molecule has 0 radical (unpaired) electrons. The normalized spacial score (nSPS) is 14.6. The minimum Gasteiger partial charge on any atom is -0.330 e. The molecule has 1 rings (SSSR count). The minimum absolute atomic E-state index is 0.203. The van der Waals surface area contributed by atoms with E-state index in [2.05, 4.69) is 6.92 Å². The first-order valence-corrected chi connectivity index (χ1v) is 5.79. The summed E-state index contributed by atoms with van der Waals surface area (Å²) in [7, 11) is 0. The summed E-state index contributed by atoms with van der Waals surface area (Å²) in [6.45, 7) is 2.54. The van der Waals surface area contributed by atoms with Gasteiger partial charge in [-0.05, 0) is 17.5 Å². The molecule has 0 fully saturated rings. The molecule has 0 aliphatic carbocycles. The van der Waals surface area contributed by atoms with Gasteiger partial charge >= 0.3 is 0 Å². The van der Waals surface area contributed by atoms with Crippen LogP contribution in [0.4, 0.5) is 0 Å². The Morgan fingerprint density at radius 3 is 2.65 bits per heavy atom. The number of rotatable bonds is 6. The van der Waals surface area contributed by atoms with E-state index in [0.29, 0.717) is 13.0 Å². The molecule has 0 spiro atoms. The van der Waals surface area contributed by atoms with Crippen LogP contribution in [0, 0.1) is 0 Å². The van der Waals surface area contributed by atoms with Crippen LogP contribution in [0.3, 0.4) is 0 Å². The molecule has 1 aromatic rings. The van der Waals surface area contributed by atoms with Crippen LogP contribution in [0.2, 0.25) is 0 Å². The molecular formula is C13H21N3O. The second-order valence-corrected chi connectivity index (χ2v) is 4.62. The predicted molar refractivity (Wildman–Crippen MR) is 69.3 cm³/mol. The van der Waals surface area contributed by atoms with Crippen LogP contribution in [0.5, 0.6) is 0 Å². The maximum absolute atomic E-state index is 10.5. The zero-order valence-corrected chi connectivity index (χ0v) is 10.2. The summed E-state index contributed by atoms with van der Waals surface area (Å²) in [5.74, 6) is 0. The Kier molecular flexibility index (Phi) is 4.81. The maximum Gasteiger partial charge on any atom is 0.120 e. The quantitative estimate of drug-likeness (QED) is 0.502. The molecule has 0 saturated heterocycles. The van der Waals surface area contributed by atoms with Crippen molar-refractivity contribution in [3.63, 3.8) is 0 Å². The number of hydrogen-bond acceptors (Lipinski definition) is 4. The summed E-state index contributed by atoms with van der Waals surface area (Å²) in [5.41, 5.74) is 18.9. The van der Waals surface area contributed by atoms with Crippen molar-refractivity contribution in [1.82, 2.24) is 0 Å². The average Bonchev–Trinajstić information content (AvgIpc) is 2.36. The first kappa shape index (κ1) is 13.8. The topological polar surface area (TPSA) is 95.1 Å². The SMILES string of the molecule is CC(CN)(CCC=O)c1cccc(C(N)N)c1. The highest BCUT2D eigenvalue weighted by molar-refractivity contribution is 5.49. The summed E-state index contributed by atoms with van der Waals surface area (Å²) < 4.78 is 0. The van der Waals surface area contributed by atoms with Gasteiger partial charge in [0.1, 0.15) is 6.29 Å². The van der Waals surface area contributed by atoms with Gasteiger partial charge in [0.15, 0.2) is 0 Å². The fourth-order valence-corrected chi connectivity index (χ4v) is 1.86. The largest absolute Gasteiger partial charge is 0.330 e. The van der Waals surface area contributed by atoms with E-state index < -0.39 is 6.17 Å². The van der Waals surface area contributed by atoms with E-state index in [1.165, 1.54) is 0 Å². The monoisotopic (exact) mass is 235 g/mol. The van der Waals surface area contributed by atoms with Crippen molar-refractivity contribution < 1.29 is 4.79 Å². The molecule has 0 amide bonds. The summed E-state index contributed by atoms with van der Waals surface area (Å²) in [4.78, 5) is 10.5. The van der Waals surface area contributed by atoms with Crippen LogP contribution >= 0.6 is 0 Å². The Labute approximate surface area is 102 Å². The molecule has 1 atom stereocenters. The lowest BCUT2D eigenvalue weighted by Gasteiger charge is -2.28. The van der Waals surface area contributed by atoms with E-state index in [-0.39, 0.29) is 5.41 Å². The number of carbonyl (C=O) groups excluding carboxylic acids is 1. The lowest BCUT2D eigenvalue weighted by molar-refractivity contribution is -0.108. The van der Waals surface area contributed by atoms with Crippen molar-refractivity contribution in [3.8, 4) is 0 Å². The minimum atomic E-state index is -0.483. The third-order valence-corrected chi connectivity index (χ3v) is 3.23. The molecule has 1 unspecified atom stereocenters. The molecule has 94 valence electrons. The summed E-state index contributed by atoms with van der Waals surface area (Å²) >= 11 is 0. The van der Waals surface area contributed by atoms with Crippen molar-refractivity contribution in [2.75, 3.05) is 6.54 Å². The standard InChI is InChI=1S/C13H21N3O/c1-13(9-14,6-3-7-17)11-5-2-4-10(8-11)12(15)16/h2,4-5,7-8,12H,3,6,9,14-16H2,1H3. The van der Waals surface area contributed by atoms with Gasteiger partial charge in [-0.1, -0.05) is 31.2 Å². The molecule has 0 heterocycles. The summed E-state index contributed by atoms with van der Waals surface area (Å²) in [6.07, 6.45) is 1.68. The molecule has 4 heteroatoms. The van der Waals surface area contributed by atoms with Gasteiger partial charge in [-0.3, -0.25) is 0 Å². The van der Waals surface area contributed by atoms with E-state index in [0.717, 1.165) is 23.8 Å². The first-order chi connectivity index (χ1) is 8.03. The lowest BCUT2D eigenvalue weighted by atomic mass is 9.78. The summed E-state index contributed by atoms with van der Waals surface area (Å²) in [6, 6.07) is 7.79. The number of benzene rings is 1. The number of carbonyl (C=O) groups is 1. The highest BCUT2D eigenvalue weighted by atomic mass is 16.1. The van der Waals surface area contributed by atoms with Crippen molar-refractivity contribution in [2.45, 2.75) is 31.3 Å². The van der Waals surface area contributed by atoms with E-state index in [4.69, 9.17) is 17.2 Å². The Morgan fingerprint density at radius 1 is 1.41 bits per heavy atom. The molecule has 0 bridgehead atoms. The molecule has 17 heavy (non-hydrogen) atoms. The molecular weight excluding hydrogens is 214 g/mol. The lowest BCUT2D eigenvalue weighted by Crippen LogP contribution is -2.32. The fraction of sp³-hybridized carbons (Fsp3) is 0.462. The smallest absolute Gasteiger partial charge is 0.120 e. The molecule has 1 aromatic carbocycles. The van der Waals surface area contributed by atoms with E-state index >= 15 is 0 Å². The molecule has 0 aromatic heterocycles. The number of aldehydes is 1. The Balaban J connectivity index is 3.02. The Bertz CT molecular complexity index is 379. The van der Waals surface area contributed by atoms with Gasteiger partial charge in [-0.2, -0.15) is 0 Å². The molecule has 6 N–H and O–H groups in total. The van der Waals surface area contributed by atoms with E-state index in [1.807, 2.05) is 24.3 Å². The van der Waals surface area contributed by atoms with Gasteiger partial charge in [0.2, 0.25) is 0 Å². The zero-order valence-electron chi connectivity index (χ0n) is 10.2. The maximum atomic E-state index is 10.5. The second-order valence-electron chi connectivity index (χ2n) is 4.62. The molecule has 0 saturated carbocycles. The number of nitrogens with two attached hydrogens (primary N) is 3. The Morgan fingerprint density at radius 2 is 2.12 bits per heavy atom. The highest BCUT2D eigenvalue weighted by Gasteiger charge is 2.24. The van der Waals surface area contributed by atoms with Crippen molar-refractivity contribution in [2.24, 2.45) is 17.2 Å². The van der Waals surface area contributed by atoms with Crippen LogP contribution in [0.25, 0.3) is 0 Å². The van der Waals surface area contributed by atoms with Gasteiger partial charge in [-0.25, -0.2) is 0 Å². The Hall–Kier alpha value is -1.23. The fourth-order valence-electron chi connectivity index (χ4n) is 1.86. The average molecular weight is 235 g/mol. The van der Waals surface area contributed by atoms with Gasteiger partial charge in [0.05, 0.1) is 6.17 Å². The van der Waals surface area contributed by atoms with Gasteiger partial charge in [0, 0.05) is 18.4 Å². The van der Waals surface area contributed by atoms with Crippen LogP contribution in [-0.4, -0.2) is 12.8 Å². The predicted octanol–water partition coefficient (Wildman–Crippen LogP) is 0.798. The van der Waals surface area contributed by atoms with Crippen LogP contribution < -0.4 is 17.2 Å². The van der Waals surface area contributed by atoms with Crippen LogP contribution in [-0.2, 0) is 10.2 Å². The van der Waals surface area contributed by atoms with E-state index in [1.54, 1.807) is 0 Å². The van der Waals surface area contributed by atoms with Crippen molar-refractivity contribution >= 4 is 6.29 Å². The third-order valence-electron chi connectivity index (χ3n) is 3.23. The first-order valence-electron chi connectivity index (χ1n) is 5.79. The second kappa shape index (κ2) is 5.91. The third kappa shape index (κ3) is 3.36. The van der Waals surface area contributed by atoms with Crippen molar-refractivity contribution in [3.05, 3.63) is 35.4 Å².